The van der Waals surface area contributed by atoms with Crippen LogP contribution in [-0.4, -0.2) is 45.1 Å². The zero-order chi connectivity index (χ0) is 24.1. The molecule has 1 amide bonds. The van der Waals surface area contributed by atoms with E-state index < -0.39 is 28.5 Å². The van der Waals surface area contributed by atoms with Gasteiger partial charge in [-0.2, -0.15) is 0 Å². The number of anilines is 1. The average Bonchev–Trinajstić information content (AvgIpc) is 3.05. The van der Waals surface area contributed by atoms with Crippen LogP contribution in [0, 0.1) is 17.8 Å². The Morgan fingerprint density at radius 1 is 1.06 bits per heavy atom. The van der Waals surface area contributed by atoms with Crippen LogP contribution in [0.15, 0.2) is 34.2 Å². The van der Waals surface area contributed by atoms with Crippen molar-refractivity contribution in [3.8, 4) is 0 Å². The lowest BCUT2D eigenvalue weighted by atomic mass is 9.67. The van der Waals surface area contributed by atoms with Crippen LogP contribution < -0.4 is 10.0 Å². The first-order valence-electron chi connectivity index (χ1n) is 12.0. The number of aliphatic imine (C=N–C) groups is 1. The minimum atomic E-state index is -3.83. The highest BCUT2D eigenvalue weighted by Crippen LogP contribution is 2.40. The lowest BCUT2D eigenvalue weighted by molar-refractivity contribution is -0.155. The number of amidine groups is 1. The van der Waals surface area contributed by atoms with Crippen molar-refractivity contribution in [1.82, 2.24) is 4.72 Å². The molecule has 2 atom stereocenters. The maximum absolute atomic E-state index is 12.7. The number of ether oxygens (including phenoxy) is 1. The van der Waals surface area contributed by atoms with Crippen molar-refractivity contribution in [2.75, 3.05) is 18.5 Å². The van der Waals surface area contributed by atoms with Gasteiger partial charge in [0.15, 0.2) is 6.61 Å². The van der Waals surface area contributed by atoms with E-state index >= 15 is 0 Å². The van der Waals surface area contributed by atoms with Crippen molar-refractivity contribution in [1.29, 1.82) is 0 Å². The molecule has 1 aromatic carbocycles. The number of hydrogen-bond acceptors (Lipinski definition) is 7. The number of carbonyl (C=O) groups is 3. The maximum Gasteiger partial charge on any atom is 0.309 e. The molecule has 2 fully saturated rings. The zero-order valence-corrected chi connectivity index (χ0v) is 19.9. The molecule has 9 nitrogen and oxygen atoms in total. The summed E-state index contributed by atoms with van der Waals surface area (Å²) in [5.41, 5.74) is 0.282. The molecule has 0 spiro atoms. The predicted octanol–water partition coefficient (Wildman–Crippen LogP) is 2.81. The van der Waals surface area contributed by atoms with Crippen molar-refractivity contribution < 1.29 is 27.5 Å². The van der Waals surface area contributed by atoms with E-state index in [1.54, 1.807) is 6.07 Å². The van der Waals surface area contributed by atoms with E-state index in [1.165, 1.54) is 18.2 Å². The van der Waals surface area contributed by atoms with Crippen molar-refractivity contribution in [3.05, 3.63) is 24.3 Å². The molecule has 2 bridgehead atoms. The number of nitrogens with zero attached hydrogens (tertiary/aromatic N) is 1. The topological polar surface area (TPSA) is 131 Å². The van der Waals surface area contributed by atoms with Crippen LogP contribution >= 0.6 is 0 Å². The maximum atomic E-state index is 12.7. The minimum Gasteiger partial charge on any atom is -0.455 e. The van der Waals surface area contributed by atoms with Crippen LogP contribution in [-0.2, 0) is 29.1 Å². The smallest absolute Gasteiger partial charge is 0.309 e. The molecule has 184 valence electrons. The van der Waals surface area contributed by atoms with E-state index in [2.05, 4.69) is 15.0 Å². The van der Waals surface area contributed by atoms with Crippen molar-refractivity contribution >= 4 is 39.2 Å². The zero-order valence-electron chi connectivity index (χ0n) is 19.1. The molecule has 2 N–H and O–H groups in total. The summed E-state index contributed by atoms with van der Waals surface area (Å²) in [5, 5.41) is 2.58. The van der Waals surface area contributed by atoms with Crippen LogP contribution in [0.5, 0.6) is 0 Å². The number of hydrogen-bond donors (Lipinski definition) is 2. The van der Waals surface area contributed by atoms with Crippen LogP contribution in [0.2, 0.25) is 0 Å². The normalized spacial score (nSPS) is 25.0. The second-order valence-corrected chi connectivity index (χ2v) is 11.0. The van der Waals surface area contributed by atoms with E-state index in [4.69, 9.17) is 4.74 Å². The first-order valence-corrected chi connectivity index (χ1v) is 13.5. The van der Waals surface area contributed by atoms with Gasteiger partial charge in [-0.05, 0) is 56.7 Å². The van der Waals surface area contributed by atoms with E-state index in [0.29, 0.717) is 31.6 Å². The van der Waals surface area contributed by atoms with Crippen LogP contribution in [0.4, 0.5) is 5.69 Å². The quantitative estimate of drug-likeness (QED) is 0.591. The number of fused-ring (bicyclic) bond motifs is 2. The molecular weight excluding hydrogens is 458 g/mol. The summed E-state index contributed by atoms with van der Waals surface area (Å²) >= 11 is 0. The Balaban J connectivity index is 1.30. The first kappa shape index (κ1) is 24.4. The molecule has 34 heavy (non-hydrogen) atoms. The second kappa shape index (κ2) is 10.7. The Morgan fingerprint density at radius 2 is 1.82 bits per heavy atom. The van der Waals surface area contributed by atoms with Gasteiger partial charge in [-0.3, -0.25) is 24.1 Å². The fraction of sp³-hybridized carbons (Fsp3) is 0.583. The van der Waals surface area contributed by atoms with Crippen molar-refractivity contribution in [2.24, 2.45) is 22.7 Å². The largest absolute Gasteiger partial charge is 0.455 e. The number of rotatable bonds is 6. The molecule has 1 aliphatic heterocycles. The Kier molecular flexibility index (Phi) is 7.65. The van der Waals surface area contributed by atoms with Gasteiger partial charge in [0.2, 0.25) is 0 Å². The molecule has 2 aliphatic carbocycles. The summed E-state index contributed by atoms with van der Waals surface area (Å²) in [6.45, 7) is 0.135. The molecule has 2 saturated carbocycles. The SMILES string of the molecule is O=C(COC(=O)C1CC2CCCC(C1)C2=O)Nc1cccc(S(=O)(=O)NC2=NCCCCC2)c1. The lowest BCUT2D eigenvalue weighted by Crippen LogP contribution is -2.40. The van der Waals surface area contributed by atoms with Crippen LogP contribution in [0.25, 0.3) is 0 Å². The van der Waals surface area contributed by atoms with Gasteiger partial charge in [0.25, 0.3) is 15.9 Å². The number of sulfonamides is 1. The Morgan fingerprint density at radius 3 is 2.59 bits per heavy atom. The van der Waals surface area contributed by atoms with Gasteiger partial charge in [0.05, 0.1) is 10.8 Å². The van der Waals surface area contributed by atoms with Crippen molar-refractivity contribution in [2.45, 2.75) is 62.7 Å². The van der Waals surface area contributed by atoms with E-state index in [-0.39, 0.29) is 34.1 Å². The molecule has 0 saturated heterocycles. The standard InChI is InChI=1S/C24H31N3O6S/c28-22(15-33-24(30)18-12-16-6-4-7-17(13-18)23(16)29)26-19-8-5-9-20(14-19)34(31,32)27-21-10-2-1-3-11-25-21/h5,8-9,14,16-18H,1-4,6-7,10-13,15H2,(H,25,27)(H,26,28). The number of nitrogens with one attached hydrogen (secondary N) is 2. The van der Waals surface area contributed by atoms with E-state index in [9.17, 15) is 22.8 Å². The third-order valence-corrected chi connectivity index (χ3v) is 8.16. The Labute approximate surface area is 199 Å². The van der Waals surface area contributed by atoms with Gasteiger partial charge >= 0.3 is 5.97 Å². The average molecular weight is 490 g/mol. The third-order valence-electron chi connectivity index (χ3n) is 6.78. The highest BCUT2D eigenvalue weighted by molar-refractivity contribution is 7.90. The van der Waals surface area contributed by atoms with Crippen LogP contribution in [0.1, 0.15) is 57.8 Å². The molecular formula is C24H31N3O6S. The van der Waals surface area contributed by atoms with Gasteiger partial charge in [-0.15, -0.1) is 0 Å². The number of benzene rings is 1. The Bertz CT molecular complexity index is 1070. The van der Waals surface area contributed by atoms with Gasteiger partial charge in [-0.1, -0.05) is 18.9 Å². The Hall–Kier alpha value is -2.75. The third kappa shape index (κ3) is 6.02. The number of amides is 1. The van der Waals surface area contributed by atoms with E-state index in [1.807, 2.05) is 0 Å². The highest BCUT2D eigenvalue weighted by Gasteiger charge is 2.41. The minimum absolute atomic E-state index is 0.00709. The second-order valence-electron chi connectivity index (χ2n) is 9.32. The lowest BCUT2D eigenvalue weighted by Gasteiger charge is -2.36. The fourth-order valence-corrected chi connectivity index (χ4v) is 6.17. The molecule has 3 aliphatic rings. The molecule has 2 unspecified atom stereocenters. The summed E-state index contributed by atoms with van der Waals surface area (Å²) in [4.78, 5) is 41.3. The highest BCUT2D eigenvalue weighted by atomic mass is 32.2. The van der Waals surface area contributed by atoms with Crippen molar-refractivity contribution in [3.63, 3.8) is 0 Å². The summed E-state index contributed by atoms with van der Waals surface area (Å²) in [6, 6.07) is 5.89. The van der Waals surface area contributed by atoms with Gasteiger partial charge in [0, 0.05) is 30.5 Å². The predicted molar refractivity (Wildman–Crippen MR) is 126 cm³/mol. The molecule has 0 aromatic heterocycles. The van der Waals surface area contributed by atoms with E-state index in [0.717, 1.165) is 38.5 Å². The van der Waals surface area contributed by atoms with Gasteiger partial charge in [-0.25, -0.2) is 8.42 Å². The number of Topliss-reactive ketones (excluding diaryl/α,β-unsaturated/α-hetero) is 1. The molecule has 1 aromatic rings. The summed E-state index contributed by atoms with van der Waals surface area (Å²) in [7, 11) is -3.83. The number of esters is 1. The monoisotopic (exact) mass is 489 g/mol. The molecule has 10 heteroatoms. The summed E-state index contributed by atoms with van der Waals surface area (Å²) in [5.74, 6) is -0.786. The molecule has 0 radical (unpaired) electrons. The molecule has 1 heterocycles. The first-order chi connectivity index (χ1) is 16.3. The fourth-order valence-electron chi connectivity index (χ4n) is 5.04. The molecule has 4 rings (SSSR count). The number of carbonyl (C=O) groups excluding carboxylic acids is 3. The number of ketones is 1. The van der Waals surface area contributed by atoms with Gasteiger partial charge < -0.3 is 10.1 Å². The van der Waals surface area contributed by atoms with Gasteiger partial charge in [0.1, 0.15) is 11.6 Å². The summed E-state index contributed by atoms with van der Waals surface area (Å²) < 4.78 is 33.3. The summed E-state index contributed by atoms with van der Waals surface area (Å²) in [6.07, 6.45) is 7.07. The van der Waals surface area contributed by atoms with Crippen LogP contribution in [0.3, 0.4) is 0 Å².